The number of aromatic nitrogens is 2. The molecule has 9 aromatic carbocycles. The summed E-state index contributed by atoms with van der Waals surface area (Å²) < 4.78 is 0. The number of hydrogen-bond donors (Lipinski definition) is 0. The Morgan fingerprint density at radius 2 is 0.943 bits per heavy atom. The van der Waals surface area contributed by atoms with E-state index < -0.39 is 0 Å². The molecule has 0 fully saturated rings. The minimum atomic E-state index is 0.864. The average molecular weight is 674 g/mol. The van der Waals surface area contributed by atoms with Gasteiger partial charge in [0.15, 0.2) is 0 Å². The second-order valence-electron chi connectivity index (χ2n) is 13.8. The third kappa shape index (κ3) is 4.75. The van der Waals surface area contributed by atoms with Crippen molar-refractivity contribution in [3.8, 4) is 44.8 Å². The van der Waals surface area contributed by atoms with Crippen molar-refractivity contribution in [2.45, 2.75) is 0 Å². The molecule has 1 aromatic heterocycles. The van der Waals surface area contributed by atoms with E-state index in [9.17, 15) is 0 Å². The summed E-state index contributed by atoms with van der Waals surface area (Å²) in [5, 5.41) is 7.22. The first-order valence-electron chi connectivity index (χ1n) is 18.1. The Hall–Kier alpha value is -7.10. The van der Waals surface area contributed by atoms with Gasteiger partial charge >= 0.3 is 0 Å². The maximum Gasteiger partial charge on any atom is 0.0980 e. The van der Waals surface area contributed by atoms with E-state index >= 15 is 0 Å². The van der Waals surface area contributed by atoms with E-state index in [4.69, 9.17) is 9.97 Å². The van der Waals surface area contributed by atoms with Gasteiger partial charge in [0.2, 0.25) is 0 Å². The maximum atomic E-state index is 5.42. The molecule has 11 rings (SSSR count). The highest BCUT2D eigenvalue weighted by Gasteiger charge is 2.28. The largest absolute Gasteiger partial charge is 0.309 e. The first-order chi connectivity index (χ1) is 26.3. The van der Waals surface area contributed by atoms with Crippen molar-refractivity contribution in [2.75, 3.05) is 4.90 Å². The first-order valence-corrected chi connectivity index (χ1v) is 18.1. The summed E-state index contributed by atoms with van der Waals surface area (Å²) in [5.41, 5.74) is 13.8. The second-order valence-corrected chi connectivity index (χ2v) is 13.8. The number of hydrogen-bond acceptors (Lipinski definition) is 3. The van der Waals surface area contributed by atoms with Crippen LogP contribution in [0.5, 0.6) is 0 Å². The fraction of sp³-hybridized carbons (Fsp3) is 0. The Labute approximate surface area is 307 Å². The molecular formula is C50H31N3. The second kappa shape index (κ2) is 11.7. The number of nitrogens with zero attached hydrogens (tertiary/aromatic N) is 3. The van der Waals surface area contributed by atoms with Crippen molar-refractivity contribution in [3.05, 3.63) is 188 Å². The Morgan fingerprint density at radius 1 is 0.340 bits per heavy atom. The van der Waals surface area contributed by atoms with Gasteiger partial charge in [-0.2, -0.15) is 0 Å². The van der Waals surface area contributed by atoms with Crippen LogP contribution < -0.4 is 4.90 Å². The lowest BCUT2D eigenvalue weighted by atomic mass is 9.88. The van der Waals surface area contributed by atoms with Gasteiger partial charge in [-0.25, -0.2) is 9.97 Å². The number of rotatable bonds is 4. The lowest BCUT2D eigenvalue weighted by Crippen LogP contribution is -2.15. The molecule has 1 aliphatic heterocycles. The molecule has 0 spiro atoms. The topological polar surface area (TPSA) is 29.0 Å². The van der Waals surface area contributed by atoms with Crippen LogP contribution in [0.2, 0.25) is 0 Å². The molecule has 246 valence electrons. The highest BCUT2D eigenvalue weighted by Crippen LogP contribution is 2.53. The molecule has 0 N–H and O–H groups in total. The molecule has 0 radical (unpaired) electrons. The van der Waals surface area contributed by atoms with Crippen LogP contribution in [0.25, 0.3) is 88.1 Å². The van der Waals surface area contributed by atoms with Crippen molar-refractivity contribution in [1.82, 2.24) is 9.97 Å². The van der Waals surface area contributed by atoms with Crippen molar-refractivity contribution in [1.29, 1.82) is 0 Å². The van der Waals surface area contributed by atoms with E-state index in [0.29, 0.717) is 0 Å². The molecule has 3 nitrogen and oxygen atoms in total. The van der Waals surface area contributed by atoms with E-state index in [-0.39, 0.29) is 0 Å². The van der Waals surface area contributed by atoms with Crippen LogP contribution in [-0.2, 0) is 0 Å². The van der Waals surface area contributed by atoms with Gasteiger partial charge in [-0.15, -0.1) is 0 Å². The van der Waals surface area contributed by atoms with Crippen LogP contribution in [0.3, 0.4) is 0 Å². The summed E-state index contributed by atoms with van der Waals surface area (Å²) in [6.45, 7) is 0. The van der Waals surface area contributed by atoms with Gasteiger partial charge < -0.3 is 4.90 Å². The highest BCUT2D eigenvalue weighted by atomic mass is 15.2. The molecule has 53 heavy (non-hydrogen) atoms. The molecule has 0 unspecified atom stereocenters. The molecule has 0 saturated heterocycles. The summed E-state index contributed by atoms with van der Waals surface area (Å²) in [6, 6.07) is 67.4. The van der Waals surface area contributed by atoms with Crippen molar-refractivity contribution in [2.24, 2.45) is 0 Å². The maximum absolute atomic E-state index is 5.42. The van der Waals surface area contributed by atoms with Gasteiger partial charge in [0.05, 0.1) is 33.8 Å². The van der Waals surface area contributed by atoms with Crippen molar-refractivity contribution in [3.63, 3.8) is 0 Å². The minimum absolute atomic E-state index is 0.864. The molecule has 0 amide bonds. The summed E-state index contributed by atoms with van der Waals surface area (Å²) in [6.07, 6.45) is 0. The summed E-state index contributed by atoms with van der Waals surface area (Å²) in [7, 11) is 0. The zero-order valence-corrected chi connectivity index (χ0v) is 28.7. The number of fused-ring (bicyclic) bond motifs is 5. The normalized spacial score (nSPS) is 12.1. The highest BCUT2D eigenvalue weighted by molar-refractivity contribution is 6.16. The molecule has 1 aliphatic rings. The monoisotopic (exact) mass is 673 g/mol. The van der Waals surface area contributed by atoms with Crippen LogP contribution in [0.4, 0.5) is 17.1 Å². The van der Waals surface area contributed by atoms with Gasteiger partial charge in [-0.1, -0.05) is 146 Å². The van der Waals surface area contributed by atoms with E-state index in [1.807, 2.05) is 12.1 Å². The number of benzene rings is 9. The van der Waals surface area contributed by atoms with Gasteiger partial charge in [-0.05, 0) is 86.1 Å². The molecule has 0 aliphatic carbocycles. The van der Waals surface area contributed by atoms with Crippen LogP contribution >= 0.6 is 0 Å². The predicted octanol–water partition coefficient (Wildman–Crippen LogP) is 13.5. The predicted molar refractivity (Wildman–Crippen MR) is 222 cm³/mol. The Kier molecular flexibility index (Phi) is 6.55. The summed E-state index contributed by atoms with van der Waals surface area (Å²) >= 11 is 0. The van der Waals surface area contributed by atoms with Crippen LogP contribution in [0.1, 0.15) is 0 Å². The fourth-order valence-corrected chi connectivity index (χ4v) is 8.23. The lowest BCUT2D eigenvalue weighted by Gasteiger charge is -2.34. The van der Waals surface area contributed by atoms with Gasteiger partial charge in [0, 0.05) is 27.8 Å². The SMILES string of the molecule is c1ccc(-c2ccc(-c3nc4ccccc4nc3-c3cc(N4c5cc6ccccc6cc5-c5cccc6cccc4c56)cc4ccccc34)cc2)cc1. The van der Waals surface area contributed by atoms with Crippen molar-refractivity contribution >= 4 is 60.4 Å². The summed E-state index contributed by atoms with van der Waals surface area (Å²) in [5.74, 6) is 0. The van der Waals surface area contributed by atoms with Gasteiger partial charge in [-0.3, -0.25) is 0 Å². The van der Waals surface area contributed by atoms with E-state index in [2.05, 4.69) is 181 Å². The molecule has 2 heterocycles. The minimum Gasteiger partial charge on any atom is -0.309 e. The average Bonchev–Trinajstić information content (AvgIpc) is 3.23. The van der Waals surface area contributed by atoms with Gasteiger partial charge in [0.1, 0.15) is 0 Å². The van der Waals surface area contributed by atoms with E-state index in [1.54, 1.807) is 0 Å². The first kappa shape index (κ1) is 29.6. The fourth-order valence-electron chi connectivity index (χ4n) is 8.23. The van der Waals surface area contributed by atoms with E-state index in [1.165, 1.54) is 49.5 Å². The standard InChI is InChI=1S/C50H31N3/c1-2-12-32(13-3-1)33-24-26-35(27-25-33)49-50(52-45-22-9-8-21-44(45)51-49)43-31-39(28-38-16-6-7-19-40(38)43)53-46-23-11-18-34-17-10-20-41(48(34)46)42-29-36-14-4-5-15-37(36)30-47(42)53/h1-31H. The smallest absolute Gasteiger partial charge is 0.0980 e. The van der Waals surface area contributed by atoms with Crippen LogP contribution in [0.15, 0.2) is 188 Å². The Bertz CT molecular complexity index is 3050. The molecule has 0 bridgehead atoms. The Balaban J connectivity index is 1.19. The zero-order valence-electron chi connectivity index (χ0n) is 28.7. The molecule has 3 heteroatoms. The molecule has 0 saturated carbocycles. The third-order valence-corrected chi connectivity index (χ3v) is 10.7. The zero-order chi connectivity index (χ0) is 34.9. The lowest BCUT2D eigenvalue weighted by molar-refractivity contribution is 1.28. The van der Waals surface area contributed by atoms with Crippen molar-refractivity contribution < 1.29 is 0 Å². The number of anilines is 3. The quantitative estimate of drug-likeness (QED) is 0.186. The molecule has 10 aromatic rings. The van der Waals surface area contributed by atoms with Crippen LogP contribution in [0, 0.1) is 0 Å². The molecule has 0 atom stereocenters. The van der Waals surface area contributed by atoms with Gasteiger partial charge in [0.25, 0.3) is 0 Å². The Morgan fingerprint density at radius 3 is 1.74 bits per heavy atom. The van der Waals surface area contributed by atoms with Crippen LogP contribution in [-0.4, -0.2) is 9.97 Å². The third-order valence-electron chi connectivity index (χ3n) is 10.7. The van der Waals surface area contributed by atoms with E-state index in [0.717, 1.165) is 55.7 Å². The summed E-state index contributed by atoms with van der Waals surface area (Å²) in [4.78, 5) is 13.2. The number of para-hydroxylation sites is 2. The molecular weight excluding hydrogens is 643 g/mol.